The summed E-state index contributed by atoms with van der Waals surface area (Å²) in [6, 6.07) is 9.57. The van der Waals surface area contributed by atoms with Gasteiger partial charge in [0.25, 0.3) is 5.89 Å². The summed E-state index contributed by atoms with van der Waals surface area (Å²) < 4.78 is 11.0. The van der Waals surface area contributed by atoms with Crippen LogP contribution < -0.4 is 10.1 Å². The quantitative estimate of drug-likeness (QED) is 0.829. The van der Waals surface area contributed by atoms with Crippen LogP contribution >= 0.6 is 0 Å². The fourth-order valence-corrected chi connectivity index (χ4v) is 1.55. The van der Waals surface area contributed by atoms with E-state index >= 15 is 0 Å². The Morgan fingerprint density at radius 3 is 2.63 bits per heavy atom. The van der Waals surface area contributed by atoms with Gasteiger partial charge in [-0.15, -0.1) is 10.2 Å². The van der Waals surface area contributed by atoms with Crippen LogP contribution in [0.4, 0.5) is 0 Å². The summed E-state index contributed by atoms with van der Waals surface area (Å²) in [4.78, 5) is 0. The number of hydrogen-bond donors (Lipinski definition) is 1. The number of nitrogens with zero attached hydrogens (tertiary/aromatic N) is 2. The molecule has 0 aliphatic carbocycles. The number of hydrogen-bond acceptors (Lipinski definition) is 5. The Hall–Kier alpha value is -1.88. The van der Waals surface area contributed by atoms with Crippen LogP contribution in [0.5, 0.6) is 5.75 Å². The number of benzene rings is 1. The minimum absolute atomic E-state index is 0.293. The number of ether oxygens (including phenoxy) is 1. The molecule has 1 aromatic heterocycles. The molecular formula is C14H19N3O2. The van der Waals surface area contributed by atoms with Crippen molar-refractivity contribution in [2.24, 2.45) is 5.92 Å². The molecule has 1 aromatic carbocycles. The summed E-state index contributed by atoms with van der Waals surface area (Å²) in [5.41, 5.74) is 0. The third-order valence-corrected chi connectivity index (χ3v) is 2.44. The highest BCUT2D eigenvalue weighted by Crippen LogP contribution is 2.11. The predicted molar refractivity (Wildman–Crippen MR) is 71.6 cm³/mol. The molecule has 1 heterocycles. The monoisotopic (exact) mass is 261 g/mol. The average Bonchev–Trinajstić information content (AvgIpc) is 2.85. The van der Waals surface area contributed by atoms with Gasteiger partial charge in [-0.05, 0) is 24.6 Å². The van der Waals surface area contributed by atoms with E-state index in [0.29, 0.717) is 30.9 Å². The molecule has 102 valence electrons. The van der Waals surface area contributed by atoms with Crippen molar-refractivity contribution in [2.45, 2.75) is 27.0 Å². The largest absolute Gasteiger partial charge is 0.484 e. The van der Waals surface area contributed by atoms with Crippen molar-refractivity contribution in [1.29, 1.82) is 0 Å². The first-order valence-corrected chi connectivity index (χ1v) is 6.44. The molecule has 0 atom stereocenters. The highest BCUT2D eigenvalue weighted by molar-refractivity contribution is 5.20. The molecule has 0 spiro atoms. The normalized spacial score (nSPS) is 10.9. The summed E-state index contributed by atoms with van der Waals surface area (Å²) >= 11 is 0. The van der Waals surface area contributed by atoms with Gasteiger partial charge in [0.15, 0.2) is 6.61 Å². The van der Waals surface area contributed by atoms with Crippen LogP contribution in [0.15, 0.2) is 34.7 Å². The second-order valence-electron chi connectivity index (χ2n) is 4.72. The fraction of sp³-hybridized carbons (Fsp3) is 0.429. The lowest BCUT2D eigenvalue weighted by Crippen LogP contribution is -2.19. The van der Waals surface area contributed by atoms with Gasteiger partial charge in [-0.25, -0.2) is 0 Å². The topological polar surface area (TPSA) is 60.2 Å². The van der Waals surface area contributed by atoms with E-state index in [1.54, 1.807) is 0 Å². The first kappa shape index (κ1) is 13.5. The molecule has 0 unspecified atom stereocenters. The van der Waals surface area contributed by atoms with E-state index < -0.39 is 0 Å². The second kappa shape index (κ2) is 6.89. The minimum atomic E-state index is 0.293. The van der Waals surface area contributed by atoms with Gasteiger partial charge in [0.05, 0.1) is 6.54 Å². The summed E-state index contributed by atoms with van der Waals surface area (Å²) in [7, 11) is 0. The SMILES string of the molecule is CC(C)CNCc1nnc(COc2ccccc2)o1. The zero-order chi connectivity index (χ0) is 13.5. The molecule has 0 radical (unpaired) electrons. The lowest BCUT2D eigenvalue weighted by Gasteiger charge is -2.04. The molecule has 0 saturated carbocycles. The Kier molecular flexibility index (Phi) is 4.92. The molecule has 1 N–H and O–H groups in total. The standard InChI is InChI=1S/C14H19N3O2/c1-11(2)8-15-9-13-16-17-14(19-13)10-18-12-6-4-3-5-7-12/h3-7,11,15H,8-10H2,1-2H3. The molecule has 19 heavy (non-hydrogen) atoms. The molecule has 0 bridgehead atoms. The first-order chi connectivity index (χ1) is 9.24. The Morgan fingerprint density at radius 2 is 1.89 bits per heavy atom. The van der Waals surface area contributed by atoms with Crippen molar-refractivity contribution < 1.29 is 9.15 Å². The lowest BCUT2D eigenvalue weighted by atomic mass is 10.2. The summed E-state index contributed by atoms with van der Waals surface area (Å²) in [6.45, 7) is 6.12. The third kappa shape index (κ3) is 4.71. The Bertz CT molecular complexity index is 482. The van der Waals surface area contributed by atoms with Crippen molar-refractivity contribution in [1.82, 2.24) is 15.5 Å². The van der Waals surface area contributed by atoms with Gasteiger partial charge in [-0.2, -0.15) is 0 Å². The van der Waals surface area contributed by atoms with Crippen LogP contribution in [0.1, 0.15) is 25.6 Å². The Labute approximate surface area is 113 Å². The minimum Gasteiger partial charge on any atom is -0.484 e. The number of rotatable bonds is 7. The van der Waals surface area contributed by atoms with E-state index in [4.69, 9.17) is 9.15 Å². The van der Waals surface area contributed by atoms with Gasteiger partial charge in [0, 0.05) is 0 Å². The zero-order valence-corrected chi connectivity index (χ0v) is 11.3. The van der Waals surface area contributed by atoms with Crippen LogP contribution in [0.25, 0.3) is 0 Å². The Morgan fingerprint density at radius 1 is 1.16 bits per heavy atom. The van der Waals surface area contributed by atoms with E-state index in [0.717, 1.165) is 12.3 Å². The maximum Gasteiger partial charge on any atom is 0.253 e. The van der Waals surface area contributed by atoms with Gasteiger partial charge in [-0.1, -0.05) is 32.0 Å². The molecule has 0 amide bonds. The Balaban J connectivity index is 1.77. The summed E-state index contributed by atoms with van der Waals surface area (Å²) in [5, 5.41) is 11.2. The lowest BCUT2D eigenvalue weighted by molar-refractivity contribution is 0.258. The second-order valence-corrected chi connectivity index (χ2v) is 4.72. The van der Waals surface area contributed by atoms with Crippen molar-refractivity contribution in [2.75, 3.05) is 6.54 Å². The number of aromatic nitrogens is 2. The molecule has 0 saturated heterocycles. The maximum atomic E-state index is 5.53. The van der Waals surface area contributed by atoms with E-state index in [2.05, 4.69) is 29.4 Å². The fourth-order valence-electron chi connectivity index (χ4n) is 1.55. The molecule has 0 aliphatic rings. The molecule has 0 aliphatic heterocycles. The highest BCUT2D eigenvalue weighted by Gasteiger charge is 2.06. The molecule has 5 heteroatoms. The van der Waals surface area contributed by atoms with Gasteiger partial charge < -0.3 is 14.5 Å². The number of nitrogens with one attached hydrogen (secondary N) is 1. The van der Waals surface area contributed by atoms with Crippen LogP contribution in [0, 0.1) is 5.92 Å². The third-order valence-electron chi connectivity index (χ3n) is 2.44. The van der Waals surface area contributed by atoms with Gasteiger partial charge >= 0.3 is 0 Å². The zero-order valence-electron chi connectivity index (χ0n) is 11.3. The number of para-hydroxylation sites is 1. The van der Waals surface area contributed by atoms with Crippen molar-refractivity contribution in [3.63, 3.8) is 0 Å². The van der Waals surface area contributed by atoms with Gasteiger partial charge in [-0.3, -0.25) is 0 Å². The summed E-state index contributed by atoms with van der Waals surface area (Å²) in [5.74, 6) is 2.47. The van der Waals surface area contributed by atoms with E-state index in [1.165, 1.54) is 0 Å². The van der Waals surface area contributed by atoms with Crippen LogP contribution in [0.3, 0.4) is 0 Å². The van der Waals surface area contributed by atoms with Crippen LogP contribution in [-0.4, -0.2) is 16.7 Å². The highest BCUT2D eigenvalue weighted by atomic mass is 16.5. The van der Waals surface area contributed by atoms with Crippen molar-refractivity contribution >= 4 is 0 Å². The van der Waals surface area contributed by atoms with Crippen LogP contribution in [-0.2, 0) is 13.2 Å². The predicted octanol–water partition coefficient (Wildman–Crippen LogP) is 2.39. The van der Waals surface area contributed by atoms with Crippen molar-refractivity contribution in [3.05, 3.63) is 42.1 Å². The molecule has 0 fully saturated rings. The molecule has 2 aromatic rings. The maximum absolute atomic E-state index is 5.53. The first-order valence-electron chi connectivity index (χ1n) is 6.44. The van der Waals surface area contributed by atoms with Crippen LogP contribution in [0.2, 0.25) is 0 Å². The van der Waals surface area contributed by atoms with E-state index in [9.17, 15) is 0 Å². The molecule has 2 rings (SSSR count). The average molecular weight is 261 g/mol. The molecular weight excluding hydrogens is 242 g/mol. The summed E-state index contributed by atoms with van der Waals surface area (Å²) in [6.07, 6.45) is 0. The van der Waals surface area contributed by atoms with Gasteiger partial charge in [0.2, 0.25) is 5.89 Å². The van der Waals surface area contributed by atoms with Crippen molar-refractivity contribution in [3.8, 4) is 5.75 Å². The van der Waals surface area contributed by atoms with E-state index in [1.807, 2.05) is 30.3 Å². The molecule has 5 nitrogen and oxygen atoms in total. The van der Waals surface area contributed by atoms with Gasteiger partial charge in [0.1, 0.15) is 5.75 Å². The van der Waals surface area contributed by atoms with E-state index in [-0.39, 0.29) is 0 Å². The smallest absolute Gasteiger partial charge is 0.253 e.